The van der Waals surface area contributed by atoms with Crippen molar-refractivity contribution in [3.05, 3.63) is 41.0 Å². The van der Waals surface area contributed by atoms with Gasteiger partial charge in [0.1, 0.15) is 0 Å². The van der Waals surface area contributed by atoms with Crippen LogP contribution in [0, 0.1) is 6.92 Å². The minimum atomic E-state index is -0.303. The van der Waals surface area contributed by atoms with Crippen LogP contribution in [0.3, 0.4) is 0 Å². The third kappa shape index (κ3) is 4.10. The van der Waals surface area contributed by atoms with Gasteiger partial charge in [-0.1, -0.05) is 17.6 Å². The molecule has 1 aromatic carbocycles. The molecular formula is C19H25N5O3. The summed E-state index contributed by atoms with van der Waals surface area (Å²) in [5, 5.41) is 6.81. The molecule has 8 nitrogen and oxygen atoms in total. The summed E-state index contributed by atoms with van der Waals surface area (Å²) in [5.74, 6) is 1.41. The Kier molecular flexibility index (Phi) is 5.43. The maximum absolute atomic E-state index is 12.5. The first kappa shape index (κ1) is 18.9. The number of carbonyl (C=O) groups is 2. The van der Waals surface area contributed by atoms with Crippen LogP contribution in [-0.2, 0) is 6.54 Å². The van der Waals surface area contributed by atoms with Crippen LogP contribution >= 0.6 is 0 Å². The molecule has 0 unspecified atom stereocenters. The number of anilines is 1. The first-order valence-electron chi connectivity index (χ1n) is 9.02. The van der Waals surface area contributed by atoms with Crippen LogP contribution in [0.1, 0.15) is 52.8 Å². The highest BCUT2D eigenvalue weighted by Crippen LogP contribution is 2.35. The molecule has 0 radical (unpaired) electrons. The zero-order chi connectivity index (χ0) is 19.6. The predicted molar refractivity (Wildman–Crippen MR) is 101 cm³/mol. The maximum Gasteiger partial charge on any atom is 0.322 e. The molecule has 0 aliphatic heterocycles. The number of nitrogens with zero attached hydrogens (tertiary/aromatic N) is 4. The third-order valence-electron chi connectivity index (χ3n) is 4.88. The SMILES string of the molecule is Cc1c(NC(=O)N(C)Cc2noc(C3CCC3)n2)cccc1C(=O)N(C)C. The van der Waals surface area contributed by atoms with Gasteiger partial charge < -0.3 is 19.6 Å². The summed E-state index contributed by atoms with van der Waals surface area (Å²) in [4.78, 5) is 32.1. The van der Waals surface area contributed by atoms with Crippen LogP contribution in [0.4, 0.5) is 10.5 Å². The Hall–Kier alpha value is -2.90. The number of carbonyl (C=O) groups excluding carboxylic acids is 2. The second kappa shape index (κ2) is 7.77. The van der Waals surface area contributed by atoms with E-state index in [1.807, 2.05) is 6.92 Å². The summed E-state index contributed by atoms with van der Waals surface area (Å²) in [6.07, 6.45) is 3.36. The van der Waals surface area contributed by atoms with Crippen LogP contribution in [0.5, 0.6) is 0 Å². The maximum atomic E-state index is 12.5. The van der Waals surface area contributed by atoms with Crippen molar-refractivity contribution in [1.29, 1.82) is 0 Å². The minimum absolute atomic E-state index is 0.104. The topological polar surface area (TPSA) is 91.6 Å². The molecule has 0 saturated heterocycles. The van der Waals surface area contributed by atoms with E-state index in [4.69, 9.17) is 4.52 Å². The van der Waals surface area contributed by atoms with Crippen molar-refractivity contribution in [3.8, 4) is 0 Å². The summed E-state index contributed by atoms with van der Waals surface area (Å²) in [6.45, 7) is 2.06. The summed E-state index contributed by atoms with van der Waals surface area (Å²) in [5.41, 5.74) is 1.89. The quantitative estimate of drug-likeness (QED) is 0.872. The number of benzene rings is 1. The molecule has 27 heavy (non-hydrogen) atoms. The number of rotatable bonds is 5. The van der Waals surface area contributed by atoms with Crippen LogP contribution in [-0.4, -0.2) is 53.0 Å². The molecule has 3 amide bonds. The lowest BCUT2D eigenvalue weighted by Gasteiger charge is -2.20. The standard InChI is InChI=1S/C19H25N5O3/c1-12-14(18(25)23(2)3)9-6-10-15(12)20-19(26)24(4)11-16-21-17(27-22-16)13-7-5-8-13/h6,9-10,13H,5,7-8,11H2,1-4H3,(H,20,26). The molecule has 3 rings (SSSR count). The van der Waals surface area contributed by atoms with E-state index in [1.165, 1.54) is 16.2 Å². The number of nitrogens with one attached hydrogen (secondary N) is 1. The Bertz CT molecular complexity index is 842. The van der Waals surface area contributed by atoms with Gasteiger partial charge in [0.15, 0.2) is 5.82 Å². The predicted octanol–water partition coefficient (Wildman–Crippen LogP) is 3.01. The van der Waals surface area contributed by atoms with E-state index in [1.54, 1.807) is 39.3 Å². The molecule has 1 heterocycles. The normalized spacial score (nSPS) is 13.8. The van der Waals surface area contributed by atoms with Gasteiger partial charge in [0.05, 0.1) is 6.54 Å². The van der Waals surface area contributed by atoms with Crippen LogP contribution in [0.15, 0.2) is 22.7 Å². The van der Waals surface area contributed by atoms with E-state index in [-0.39, 0.29) is 18.5 Å². The van der Waals surface area contributed by atoms with Gasteiger partial charge in [-0.2, -0.15) is 4.98 Å². The Morgan fingerprint density at radius 3 is 2.63 bits per heavy atom. The Balaban J connectivity index is 1.65. The fraction of sp³-hybridized carbons (Fsp3) is 0.474. The van der Waals surface area contributed by atoms with Gasteiger partial charge in [-0.15, -0.1) is 0 Å². The first-order valence-corrected chi connectivity index (χ1v) is 9.02. The number of amides is 3. The molecule has 1 aliphatic rings. The molecule has 0 bridgehead atoms. The van der Waals surface area contributed by atoms with Crippen LogP contribution < -0.4 is 5.32 Å². The molecule has 1 saturated carbocycles. The number of hydrogen-bond donors (Lipinski definition) is 1. The molecule has 0 spiro atoms. The van der Waals surface area contributed by atoms with Gasteiger partial charge in [-0.25, -0.2) is 4.79 Å². The molecule has 1 fully saturated rings. The Morgan fingerprint density at radius 1 is 1.26 bits per heavy atom. The summed E-state index contributed by atoms with van der Waals surface area (Å²) in [6, 6.07) is 4.97. The number of aromatic nitrogens is 2. The van der Waals surface area contributed by atoms with Crippen molar-refractivity contribution < 1.29 is 14.1 Å². The smallest absolute Gasteiger partial charge is 0.322 e. The first-order chi connectivity index (χ1) is 12.9. The summed E-state index contributed by atoms with van der Waals surface area (Å²) < 4.78 is 5.29. The summed E-state index contributed by atoms with van der Waals surface area (Å²) in [7, 11) is 5.06. The zero-order valence-corrected chi connectivity index (χ0v) is 16.2. The van der Waals surface area contributed by atoms with Crippen molar-refractivity contribution in [1.82, 2.24) is 19.9 Å². The van der Waals surface area contributed by atoms with E-state index in [0.717, 1.165) is 18.4 Å². The highest BCUT2D eigenvalue weighted by molar-refractivity contribution is 5.98. The monoisotopic (exact) mass is 371 g/mol. The Labute approximate surface area is 158 Å². The van der Waals surface area contributed by atoms with Gasteiger partial charge in [0, 0.05) is 38.3 Å². The highest BCUT2D eigenvalue weighted by Gasteiger charge is 2.26. The van der Waals surface area contributed by atoms with Crippen molar-refractivity contribution in [2.45, 2.75) is 38.6 Å². The van der Waals surface area contributed by atoms with Gasteiger partial charge in [0.25, 0.3) is 5.91 Å². The van der Waals surface area contributed by atoms with E-state index in [2.05, 4.69) is 15.5 Å². The van der Waals surface area contributed by atoms with Gasteiger partial charge >= 0.3 is 6.03 Å². The van der Waals surface area contributed by atoms with Gasteiger partial charge in [-0.3, -0.25) is 4.79 Å². The second-order valence-electron chi connectivity index (χ2n) is 7.14. The van der Waals surface area contributed by atoms with Gasteiger partial charge in [0.2, 0.25) is 5.89 Å². The molecule has 1 aliphatic carbocycles. The van der Waals surface area contributed by atoms with Crippen LogP contribution in [0.25, 0.3) is 0 Å². The number of hydrogen-bond acceptors (Lipinski definition) is 5. The van der Waals surface area contributed by atoms with Crippen molar-refractivity contribution >= 4 is 17.6 Å². The second-order valence-corrected chi connectivity index (χ2v) is 7.14. The average Bonchev–Trinajstić information content (AvgIpc) is 3.02. The Morgan fingerprint density at radius 2 is 2.00 bits per heavy atom. The minimum Gasteiger partial charge on any atom is -0.345 e. The van der Waals surface area contributed by atoms with E-state index < -0.39 is 0 Å². The fourth-order valence-corrected chi connectivity index (χ4v) is 2.89. The molecule has 144 valence electrons. The lowest BCUT2D eigenvalue weighted by molar-refractivity contribution is 0.0827. The van der Waals surface area contributed by atoms with Gasteiger partial charge in [-0.05, 0) is 37.5 Å². The average molecular weight is 371 g/mol. The molecule has 1 N–H and O–H groups in total. The van der Waals surface area contributed by atoms with E-state index in [0.29, 0.717) is 28.9 Å². The van der Waals surface area contributed by atoms with Crippen molar-refractivity contribution in [2.75, 3.05) is 26.5 Å². The third-order valence-corrected chi connectivity index (χ3v) is 4.88. The fourth-order valence-electron chi connectivity index (χ4n) is 2.89. The molecule has 8 heteroatoms. The molecular weight excluding hydrogens is 346 g/mol. The summed E-state index contributed by atoms with van der Waals surface area (Å²) >= 11 is 0. The largest absolute Gasteiger partial charge is 0.345 e. The zero-order valence-electron chi connectivity index (χ0n) is 16.2. The molecule has 2 aromatic rings. The molecule has 1 aromatic heterocycles. The molecule has 0 atom stereocenters. The number of urea groups is 1. The van der Waals surface area contributed by atoms with Crippen molar-refractivity contribution in [2.24, 2.45) is 0 Å². The lowest BCUT2D eigenvalue weighted by Crippen LogP contribution is -2.31. The van der Waals surface area contributed by atoms with Crippen LogP contribution in [0.2, 0.25) is 0 Å². The van der Waals surface area contributed by atoms with E-state index >= 15 is 0 Å². The van der Waals surface area contributed by atoms with E-state index in [9.17, 15) is 9.59 Å². The highest BCUT2D eigenvalue weighted by atomic mass is 16.5. The van der Waals surface area contributed by atoms with Crippen molar-refractivity contribution in [3.63, 3.8) is 0 Å². The lowest BCUT2D eigenvalue weighted by atomic mass is 9.85.